The van der Waals surface area contributed by atoms with Gasteiger partial charge in [0.1, 0.15) is 11.5 Å². The number of carbonyl (C=O) groups is 1. The first-order chi connectivity index (χ1) is 16.7. The lowest BCUT2D eigenvalue weighted by Gasteiger charge is -2.30. The van der Waals surface area contributed by atoms with E-state index in [0.717, 1.165) is 56.7 Å². The van der Waals surface area contributed by atoms with Crippen molar-refractivity contribution in [3.8, 4) is 0 Å². The van der Waals surface area contributed by atoms with Crippen LogP contribution >= 0.6 is 0 Å². The molecule has 0 N–H and O–H groups in total. The SMILES string of the molecule is Cc1cc(CC(=O)CC2CCC(CCN3CCc4ccc(CCC(F)(F)F)nc4CC3)CC2)on1. The average molecular weight is 492 g/mol. The van der Waals surface area contributed by atoms with Crippen molar-refractivity contribution in [1.82, 2.24) is 15.0 Å². The number of hydrogen-bond acceptors (Lipinski definition) is 5. The summed E-state index contributed by atoms with van der Waals surface area (Å²) in [6.07, 6.45) is 3.42. The third kappa shape index (κ3) is 8.16. The van der Waals surface area contributed by atoms with E-state index in [1.165, 1.54) is 24.8 Å². The van der Waals surface area contributed by atoms with Crippen molar-refractivity contribution in [2.24, 2.45) is 11.8 Å². The van der Waals surface area contributed by atoms with E-state index in [1.54, 1.807) is 6.07 Å². The number of fused-ring (bicyclic) bond motifs is 1. The fourth-order valence-corrected chi connectivity index (χ4v) is 5.48. The number of carbonyl (C=O) groups excluding carboxylic acids is 1. The van der Waals surface area contributed by atoms with E-state index in [2.05, 4.69) is 15.0 Å². The molecular formula is C27H36F3N3O2. The number of hydrogen-bond donors (Lipinski definition) is 0. The van der Waals surface area contributed by atoms with Gasteiger partial charge in [-0.15, -0.1) is 0 Å². The number of pyridine rings is 1. The van der Waals surface area contributed by atoms with Gasteiger partial charge in [-0.3, -0.25) is 9.78 Å². The molecule has 0 aromatic carbocycles. The molecule has 1 aliphatic heterocycles. The van der Waals surface area contributed by atoms with Crippen LogP contribution in [0.25, 0.3) is 0 Å². The number of aromatic nitrogens is 2. The quantitative estimate of drug-likeness (QED) is 0.452. The van der Waals surface area contributed by atoms with Crippen molar-refractivity contribution in [3.63, 3.8) is 0 Å². The van der Waals surface area contributed by atoms with Crippen molar-refractivity contribution in [3.05, 3.63) is 46.6 Å². The third-order valence-corrected chi connectivity index (χ3v) is 7.54. The second-order valence-electron chi connectivity index (χ2n) is 10.4. The molecule has 0 bridgehead atoms. The number of alkyl halides is 3. The summed E-state index contributed by atoms with van der Waals surface area (Å²) in [6, 6.07) is 5.57. The molecule has 35 heavy (non-hydrogen) atoms. The fraction of sp³-hybridized carbons (Fsp3) is 0.667. The lowest BCUT2D eigenvalue weighted by molar-refractivity contribution is -0.134. The Labute approximate surface area is 205 Å². The highest BCUT2D eigenvalue weighted by Gasteiger charge is 2.27. The van der Waals surface area contributed by atoms with Crippen LogP contribution in [-0.2, 0) is 30.5 Å². The Morgan fingerprint density at radius 2 is 1.86 bits per heavy atom. The van der Waals surface area contributed by atoms with Gasteiger partial charge in [0.25, 0.3) is 0 Å². The Morgan fingerprint density at radius 3 is 2.57 bits per heavy atom. The highest BCUT2D eigenvalue weighted by atomic mass is 19.4. The molecular weight excluding hydrogens is 455 g/mol. The number of ketones is 1. The van der Waals surface area contributed by atoms with E-state index >= 15 is 0 Å². The summed E-state index contributed by atoms with van der Waals surface area (Å²) in [5.41, 5.74) is 3.50. The molecule has 2 aliphatic rings. The fourth-order valence-electron chi connectivity index (χ4n) is 5.48. The predicted octanol–water partition coefficient (Wildman–Crippen LogP) is 5.67. The molecule has 1 fully saturated rings. The zero-order chi connectivity index (χ0) is 24.8. The summed E-state index contributed by atoms with van der Waals surface area (Å²) in [7, 11) is 0. The number of aryl methyl sites for hydroxylation is 2. The monoisotopic (exact) mass is 491 g/mol. The van der Waals surface area contributed by atoms with E-state index in [-0.39, 0.29) is 12.2 Å². The lowest BCUT2D eigenvalue weighted by atomic mass is 9.78. The zero-order valence-electron chi connectivity index (χ0n) is 20.6. The first kappa shape index (κ1) is 25.9. The zero-order valence-corrected chi connectivity index (χ0v) is 20.6. The molecule has 0 radical (unpaired) electrons. The van der Waals surface area contributed by atoms with Gasteiger partial charge in [-0.1, -0.05) is 24.1 Å². The Kier molecular flexibility index (Phi) is 8.63. The van der Waals surface area contributed by atoms with Gasteiger partial charge in [0.05, 0.1) is 12.1 Å². The maximum absolute atomic E-state index is 12.5. The summed E-state index contributed by atoms with van der Waals surface area (Å²) in [5, 5.41) is 3.85. The molecule has 0 spiro atoms. The summed E-state index contributed by atoms with van der Waals surface area (Å²) < 4.78 is 42.8. The van der Waals surface area contributed by atoms with Gasteiger partial charge < -0.3 is 9.42 Å². The molecule has 0 unspecified atom stereocenters. The standard InChI is InChI=1S/C27H36F3N3O2/c1-19-16-25(35-32-19)18-24(34)17-21-4-2-20(3-5-21)9-13-33-14-10-22-6-7-23(8-12-27(28,29)30)31-26(22)11-15-33/h6-7,16,20-21H,2-5,8-15,17-18H2,1H3. The first-order valence-corrected chi connectivity index (χ1v) is 12.9. The Balaban J connectivity index is 1.16. The van der Waals surface area contributed by atoms with Crippen LogP contribution in [-0.4, -0.2) is 46.6 Å². The van der Waals surface area contributed by atoms with E-state index in [1.807, 2.05) is 19.1 Å². The summed E-state index contributed by atoms with van der Waals surface area (Å²) in [6.45, 7) is 4.79. The Hall–Kier alpha value is -2.22. The van der Waals surface area contributed by atoms with Crippen LogP contribution in [0.15, 0.2) is 22.7 Å². The van der Waals surface area contributed by atoms with E-state index < -0.39 is 12.6 Å². The second kappa shape index (κ2) is 11.7. The number of halogens is 3. The minimum atomic E-state index is -4.14. The summed E-state index contributed by atoms with van der Waals surface area (Å²) in [4.78, 5) is 19.4. The van der Waals surface area contributed by atoms with Gasteiger partial charge in [0.15, 0.2) is 0 Å². The van der Waals surface area contributed by atoms with E-state index in [0.29, 0.717) is 36.1 Å². The van der Waals surface area contributed by atoms with E-state index in [9.17, 15) is 18.0 Å². The smallest absolute Gasteiger partial charge is 0.361 e. The van der Waals surface area contributed by atoms with E-state index in [4.69, 9.17) is 4.52 Å². The van der Waals surface area contributed by atoms with Crippen LogP contribution in [0, 0.1) is 18.8 Å². The Bertz CT molecular complexity index is 980. The largest absolute Gasteiger partial charge is 0.389 e. The van der Waals surface area contributed by atoms with Crippen LogP contribution in [0.5, 0.6) is 0 Å². The summed E-state index contributed by atoms with van der Waals surface area (Å²) in [5.74, 6) is 2.08. The number of Topliss-reactive ketones (excluding diaryl/α,β-unsaturated/α-hetero) is 1. The Morgan fingerprint density at radius 1 is 1.11 bits per heavy atom. The van der Waals surface area contributed by atoms with Crippen LogP contribution in [0.1, 0.15) is 73.4 Å². The van der Waals surface area contributed by atoms with Gasteiger partial charge in [-0.2, -0.15) is 13.2 Å². The molecule has 192 valence electrons. The van der Waals surface area contributed by atoms with Gasteiger partial charge >= 0.3 is 6.18 Å². The highest BCUT2D eigenvalue weighted by molar-refractivity contribution is 5.80. The molecule has 5 nitrogen and oxygen atoms in total. The number of nitrogens with zero attached hydrogens (tertiary/aromatic N) is 3. The predicted molar refractivity (Wildman–Crippen MR) is 127 cm³/mol. The molecule has 4 rings (SSSR count). The molecule has 3 heterocycles. The van der Waals surface area contributed by atoms with Gasteiger partial charge in [0.2, 0.25) is 0 Å². The van der Waals surface area contributed by atoms with Crippen molar-refractivity contribution in [2.75, 3.05) is 19.6 Å². The van der Waals surface area contributed by atoms with Crippen molar-refractivity contribution >= 4 is 5.78 Å². The first-order valence-electron chi connectivity index (χ1n) is 12.9. The highest BCUT2D eigenvalue weighted by Crippen LogP contribution is 2.33. The molecule has 2 aromatic heterocycles. The van der Waals surface area contributed by atoms with Gasteiger partial charge in [-0.05, 0) is 69.0 Å². The normalized spacial score (nSPS) is 21.5. The van der Waals surface area contributed by atoms with Crippen molar-refractivity contribution in [2.45, 2.75) is 83.7 Å². The molecule has 2 aromatic rings. The van der Waals surface area contributed by atoms with Crippen LogP contribution in [0.4, 0.5) is 13.2 Å². The third-order valence-electron chi connectivity index (χ3n) is 7.54. The molecule has 8 heteroatoms. The van der Waals surface area contributed by atoms with Crippen molar-refractivity contribution < 1.29 is 22.5 Å². The second-order valence-corrected chi connectivity index (χ2v) is 10.4. The average Bonchev–Trinajstić information content (AvgIpc) is 3.10. The van der Waals surface area contributed by atoms with Gasteiger partial charge in [-0.25, -0.2) is 0 Å². The maximum Gasteiger partial charge on any atom is 0.389 e. The molecule has 0 amide bonds. The van der Waals surface area contributed by atoms with Crippen molar-refractivity contribution in [1.29, 1.82) is 0 Å². The molecule has 0 saturated heterocycles. The minimum Gasteiger partial charge on any atom is -0.361 e. The van der Waals surface area contributed by atoms with Crippen LogP contribution in [0.2, 0.25) is 0 Å². The van der Waals surface area contributed by atoms with Crippen LogP contribution in [0.3, 0.4) is 0 Å². The van der Waals surface area contributed by atoms with Gasteiger partial charge in [0, 0.05) is 49.8 Å². The topological polar surface area (TPSA) is 59.2 Å². The number of rotatable bonds is 9. The lowest BCUT2D eigenvalue weighted by Crippen LogP contribution is -2.29. The maximum atomic E-state index is 12.5. The summed E-state index contributed by atoms with van der Waals surface area (Å²) >= 11 is 0. The molecule has 1 saturated carbocycles. The van der Waals surface area contributed by atoms with Crippen LogP contribution < -0.4 is 0 Å². The molecule has 1 aliphatic carbocycles. The molecule has 0 atom stereocenters. The minimum absolute atomic E-state index is 0.0471.